The van der Waals surface area contributed by atoms with Crippen LogP contribution in [-0.2, 0) is 6.42 Å². The SMILES string of the molecule is CN(C)c1ccc2c(c1)B(O)CC2. The van der Waals surface area contributed by atoms with Gasteiger partial charge in [-0.15, -0.1) is 0 Å². The van der Waals surface area contributed by atoms with Crippen molar-refractivity contribution >= 4 is 18.1 Å². The van der Waals surface area contributed by atoms with Crippen molar-refractivity contribution in [2.24, 2.45) is 0 Å². The quantitative estimate of drug-likeness (QED) is 0.628. The van der Waals surface area contributed by atoms with Crippen LogP contribution in [0.15, 0.2) is 18.2 Å². The Morgan fingerprint density at radius 3 is 2.85 bits per heavy atom. The molecular weight excluding hydrogens is 161 g/mol. The fourth-order valence-electron chi connectivity index (χ4n) is 1.85. The topological polar surface area (TPSA) is 23.5 Å². The van der Waals surface area contributed by atoms with Gasteiger partial charge in [0.1, 0.15) is 0 Å². The summed E-state index contributed by atoms with van der Waals surface area (Å²) in [4.78, 5) is 2.06. The Morgan fingerprint density at radius 2 is 2.15 bits per heavy atom. The lowest BCUT2D eigenvalue weighted by Crippen LogP contribution is -2.26. The smallest absolute Gasteiger partial charge is 0.324 e. The van der Waals surface area contributed by atoms with Gasteiger partial charge < -0.3 is 9.92 Å². The number of rotatable bonds is 1. The van der Waals surface area contributed by atoms with Crippen molar-refractivity contribution in [1.29, 1.82) is 0 Å². The fraction of sp³-hybridized carbons (Fsp3) is 0.400. The summed E-state index contributed by atoms with van der Waals surface area (Å²) < 4.78 is 0. The molecule has 0 fully saturated rings. The number of hydrogen-bond donors (Lipinski definition) is 1. The van der Waals surface area contributed by atoms with Crippen molar-refractivity contribution in [1.82, 2.24) is 0 Å². The number of nitrogens with zero attached hydrogens (tertiary/aromatic N) is 1. The Bertz CT molecular complexity index is 325. The van der Waals surface area contributed by atoms with Gasteiger partial charge >= 0.3 is 6.92 Å². The average Bonchev–Trinajstić information content (AvgIpc) is 2.47. The molecule has 2 rings (SSSR count). The van der Waals surface area contributed by atoms with Gasteiger partial charge in [-0.2, -0.15) is 0 Å². The van der Waals surface area contributed by atoms with Gasteiger partial charge in [0.25, 0.3) is 0 Å². The molecule has 68 valence electrons. The molecule has 0 amide bonds. The molecule has 1 aliphatic rings. The first-order valence-electron chi connectivity index (χ1n) is 4.66. The maximum atomic E-state index is 9.67. The van der Waals surface area contributed by atoms with E-state index in [1.165, 1.54) is 11.3 Å². The molecule has 1 N–H and O–H groups in total. The van der Waals surface area contributed by atoms with Gasteiger partial charge in [0, 0.05) is 19.8 Å². The molecule has 1 aromatic rings. The van der Waals surface area contributed by atoms with Crippen molar-refractivity contribution in [2.45, 2.75) is 12.7 Å². The molecule has 0 saturated heterocycles. The molecule has 1 heterocycles. The molecule has 0 saturated carbocycles. The molecule has 13 heavy (non-hydrogen) atoms. The van der Waals surface area contributed by atoms with E-state index in [2.05, 4.69) is 23.1 Å². The van der Waals surface area contributed by atoms with Crippen molar-refractivity contribution in [3.8, 4) is 0 Å². The van der Waals surface area contributed by atoms with Gasteiger partial charge in [-0.25, -0.2) is 0 Å². The predicted molar refractivity (Wildman–Crippen MR) is 56.9 cm³/mol. The summed E-state index contributed by atoms with van der Waals surface area (Å²) in [6, 6.07) is 6.32. The van der Waals surface area contributed by atoms with Gasteiger partial charge in [0.2, 0.25) is 0 Å². The van der Waals surface area contributed by atoms with E-state index in [4.69, 9.17) is 0 Å². The predicted octanol–water partition coefficient (Wildman–Crippen LogP) is 0.499. The summed E-state index contributed by atoms with van der Waals surface area (Å²) in [5, 5.41) is 9.67. The number of aryl methyl sites for hydroxylation is 1. The van der Waals surface area contributed by atoms with Crippen LogP contribution in [0.1, 0.15) is 5.56 Å². The minimum absolute atomic E-state index is 0.241. The van der Waals surface area contributed by atoms with Crippen LogP contribution in [0.2, 0.25) is 6.32 Å². The molecule has 3 heteroatoms. The third kappa shape index (κ3) is 1.44. The molecular formula is C10H14BNO. The average molecular weight is 175 g/mol. The Kier molecular flexibility index (Phi) is 2.04. The van der Waals surface area contributed by atoms with E-state index in [-0.39, 0.29) is 6.92 Å². The molecule has 1 aromatic carbocycles. The first-order valence-corrected chi connectivity index (χ1v) is 4.66. The summed E-state index contributed by atoms with van der Waals surface area (Å²) in [5.41, 5.74) is 3.59. The van der Waals surface area contributed by atoms with Gasteiger partial charge in [-0.05, 0) is 30.3 Å². The number of fused-ring (bicyclic) bond motifs is 1. The third-order valence-corrected chi connectivity index (χ3v) is 2.69. The summed E-state index contributed by atoms with van der Waals surface area (Å²) in [6.07, 6.45) is 1.90. The molecule has 0 aliphatic carbocycles. The largest absolute Gasteiger partial charge is 0.446 e. The van der Waals surface area contributed by atoms with Crippen molar-refractivity contribution in [3.05, 3.63) is 23.8 Å². The maximum Gasteiger partial charge on any atom is 0.324 e. The van der Waals surface area contributed by atoms with E-state index < -0.39 is 0 Å². The molecule has 0 bridgehead atoms. The highest BCUT2D eigenvalue weighted by molar-refractivity contribution is 6.68. The summed E-state index contributed by atoms with van der Waals surface area (Å²) in [5.74, 6) is 0. The Balaban J connectivity index is 2.42. The molecule has 0 atom stereocenters. The van der Waals surface area contributed by atoms with E-state index in [9.17, 15) is 5.02 Å². The Hall–Kier alpha value is -0.955. The van der Waals surface area contributed by atoms with E-state index >= 15 is 0 Å². The summed E-state index contributed by atoms with van der Waals surface area (Å²) in [6.45, 7) is -0.241. The van der Waals surface area contributed by atoms with Crippen LogP contribution in [0.4, 0.5) is 5.69 Å². The lowest BCUT2D eigenvalue weighted by molar-refractivity contribution is 0.587. The van der Waals surface area contributed by atoms with Gasteiger partial charge in [0.05, 0.1) is 0 Å². The zero-order chi connectivity index (χ0) is 9.42. The number of benzene rings is 1. The molecule has 2 nitrogen and oxygen atoms in total. The Labute approximate surface area is 79.3 Å². The third-order valence-electron chi connectivity index (χ3n) is 2.69. The van der Waals surface area contributed by atoms with Crippen LogP contribution in [0, 0.1) is 0 Å². The molecule has 0 unspecified atom stereocenters. The van der Waals surface area contributed by atoms with Crippen molar-refractivity contribution in [3.63, 3.8) is 0 Å². The van der Waals surface area contributed by atoms with Gasteiger partial charge in [0.15, 0.2) is 0 Å². The number of hydrogen-bond acceptors (Lipinski definition) is 2. The second-order valence-corrected chi connectivity index (χ2v) is 3.83. The lowest BCUT2D eigenvalue weighted by Gasteiger charge is -2.14. The van der Waals surface area contributed by atoms with Crippen molar-refractivity contribution in [2.75, 3.05) is 19.0 Å². The minimum Gasteiger partial charge on any atom is -0.446 e. The highest BCUT2D eigenvalue weighted by Gasteiger charge is 2.24. The van der Waals surface area contributed by atoms with Crippen LogP contribution in [-0.4, -0.2) is 26.0 Å². The molecule has 0 spiro atoms. The first-order chi connectivity index (χ1) is 6.18. The maximum absolute atomic E-state index is 9.67. The van der Waals surface area contributed by atoms with Crippen LogP contribution < -0.4 is 10.4 Å². The van der Waals surface area contributed by atoms with Crippen molar-refractivity contribution < 1.29 is 5.02 Å². The number of anilines is 1. The van der Waals surface area contributed by atoms with Crippen LogP contribution in [0.5, 0.6) is 0 Å². The van der Waals surface area contributed by atoms with Gasteiger partial charge in [-0.3, -0.25) is 0 Å². The second kappa shape index (κ2) is 3.07. The van der Waals surface area contributed by atoms with E-state index in [0.29, 0.717) is 0 Å². The highest BCUT2D eigenvalue weighted by atomic mass is 16.2. The lowest BCUT2D eigenvalue weighted by atomic mass is 9.63. The molecule has 0 radical (unpaired) electrons. The van der Waals surface area contributed by atoms with E-state index in [0.717, 1.165) is 18.2 Å². The van der Waals surface area contributed by atoms with E-state index in [1.54, 1.807) is 0 Å². The minimum atomic E-state index is -0.241. The van der Waals surface area contributed by atoms with E-state index in [1.807, 2.05) is 14.1 Å². The highest BCUT2D eigenvalue weighted by Crippen LogP contribution is 2.18. The molecule has 1 aliphatic heterocycles. The van der Waals surface area contributed by atoms with Crippen LogP contribution in [0.25, 0.3) is 0 Å². The first kappa shape index (κ1) is 8.63. The van der Waals surface area contributed by atoms with Gasteiger partial charge in [-0.1, -0.05) is 11.6 Å². The summed E-state index contributed by atoms with van der Waals surface area (Å²) in [7, 11) is 4.03. The fourth-order valence-corrected chi connectivity index (χ4v) is 1.85. The monoisotopic (exact) mass is 175 g/mol. The zero-order valence-corrected chi connectivity index (χ0v) is 8.12. The normalized spacial score (nSPS) is 14.5. The standard InChI is InChI=1S/C10H14BNO/c1-12(2)9-4-3-8-5-6-11(13)10(8)7-9/h3-4,7,13H,5-6H2,1-2H3. The Morgan fingerprint density at radius 1 is 1.38 bits per heavy atom. The molecule has 0 aromatic heterocycles. The second-order valence-electron chi connectivity index (χ2n) is 3.83. The van der Waals surface area contributed by atoms with Crippen LogP contribution in [0.3, 0.4) is 0 Å². The zero-order valence-electron chi connectivity index (χ0n) is 8.12. The summed E-state index contributed by atoms with van der Waals surface area (Å²) >= 11 is 0. The van der Waals surface area contributed by atoms with Crippen LogP contribution >= 0.6 is 0 Å².